The van der Waals surface area contributed by atoms with Crippen LogP contribution in [0.2, 0.25) is 0 Å². The summed E-state index contributed by atoms with van der Waals surface area (Å²) in [6.07, 6.45) is 1.57. The van der Waals surface area contributed by atoms with Crippen LogP contribution in [0.3, 0.4) is 0 Å². The van der Waals surface area contributed by atoms with E-state index in [-0.39, 0.29) is 6.61 Å². The fraction of sp³-hybridized carbons (Fsp3) is 0.667. The first-order valence-corrected chi connectivity index (χ1v) is 2.52. The molecule has 0 rings (SSSR count). The lowest BCUT2D eigenvalue weighted by Crippen LogP contribution is -1.89. The fourth-order valence-electron chi connectivity index (χ4n) is 0.0802. The van der Waals surface area contributed by atoms with Crippen molar-refractivity contribution in [2.45, 2.75) is 0 Å². The molecular weight excluding hydrogens is 148 g/mol. The Labute approximate surface area is 44.6 Å². The summed E-state index contributed by atoms with van der Waals surface area (Å²) in [7, 11) is 0. The third kappa shape index (κ3) is 4.11. The molecule has 0 saturated carbocycles. The molecule has 1 radical (unpaired) electrons. The van der Waals surface area contributed by atoms with Crippen molar-refractivity contribution >= 4 is 22.2 Å². The number of carbonyl (C=O) groups excluding carboxylic acids is 1. The van der Waals surface area contributed by atoms with Gasteiger partial charge in [-0.15, -0.1) is 0 Å². The highest BCUT2D eigenvalue weighted by Gasteiger charge is 1.75. The normalized spacial score (nSPS) is 8.17. The van der Waals surface area contributed by atoms with Crippen molar-refractivity contribution in [3.8, 4) is 0 Å². The smallest absolute Gasteiger partial charge is 0.226 e. The summed E-state index contributed by atoms with van der Waals surface area (Å²) in [5.74, 6) is 0. The van der Waals surface area contributed by atoms with Crippen LogP contribution >= 0.6 is 15.9 Å². The van der Waals surface area contributed by atoms with E-state index in [4.69, 9.17) is 0 Å². The minimum absolute atomic E-state index is 0.0608. The second-order valence-electron chi connectivity index (χ2n) is 0.602. The summed E-state index contributed by atoms with van der Waals surface area (Å²) >= 11 is 2.95. The fourth-order valence-corrected chi connectivity index (χ4v) is 0.242. The summed E-state index contributed by atoms with van der Waals surface area (Å²) in [5, 5.41) is 0. The summed E-state index contributed by atoms with van der Waals surface area (Å²) in [6.45, 7) is 0.0608. The standard InChI is InChI=1S/C3H4BrO2/c4-3-6-2-1-5/h2-3H2. The van der Waals surface area contributed by atoms with Crippen molar-refractivity contribution in [2.24, 2.45) is 0 Å². The third-order valence-corrected chi connectivity index (χ3v) is 0.562. The van der Waals surface area contributed by atoms with Gasteiger partial charge in [-0.1, -0.05) is 15.9 Å². The maximum Gasteiger partial charge on any atom is 0.226 e. The van der Waals surface area contributed by atoms with Crippen LogP contribution < -0.4 is 0 Å². The highest BCUT2D eigenvalue weighted by molar-refractivity contribution is 9.09. The van der Waals surface area contributed by atoms with E-state index in [0.717, 1.165) is 0 Å². The van der Waals surface area contributed by atoms with Crippen molar-refractivity contribution < 1.29 is 9.53 Å². The van der Waals surface area contributed by atoms with E-state index >= 15 is 0 Å². The Morgan fingerprint density at radius 2 is 2.50 bits per heavy atom. The van der Waals surface area contributed by atoms with Crippen LogP contribution in [0.4, 0.5) is 0 Å². The molecule has 0 saturated heterocycles. The topological polar surface area (TPSA) is 26.3 Å². The van der Waals surface area contributed by atoms with Gasteiger partial charge in [-0.25, -0.2) is 0 Å². The predicted molar refractivity (Wildman–Crippen MR) is 25.4 cm³/mol. The molecule has 0 spiro atoms. The number of hydrogen-bond acceptors (Lipinski definition) is 2. The number of halogens is 1. The van der Waals surface area contributed by atoms with Crippen molar-refractivity contribution in [3.05, 3.63) is 0 Å². The summed E-state index contributed by atoms with van der Waals surface area (Å²) < 4.78 is 4.48. The minimum Gasteiger partial charge on any atom is -0.362 e. The first-order valence-electron chi connectivity index (χ1n) is 1.40. The third-order valence-electron chi connectivity index (χ3n) is 0.238. The molecule has 0 N–H and O–H groups in total. The van der Waals surface area contributed by atoms with Crippen molar-refractivity contribution in [3.63, 3.8) is 0 Å². The van der Waals surface area contributed by atoms with Gasteiger partial charge in [-0.2, -0.15) is 0 Å². The zero-order chi connectivity index (χ0) is 4.83. The number of ether oxygens (including phenoxy) is 1. The highest BCUT2D eigenvalue weighted by atomic mass is 79.9. The first-order chi connectivity index (χ1) is 2.91. The number of alkyl halides is 1. The Balaban J connectivity index is 2.49. The molecule has 0 amide bonds. The van der Waals surface area contributed by atoms with Gasteiger partial charge in [0.05, 0.1) is 0 Å². The average molecular weight is 152 g/mol. The Bertz CT molecular complexity index is 37.8. The van der Waals surface area contributed by atoms with E-state index in [1.807, 2.05) is 0 Å². The van der Waals surface area contributed by atoms with E-state index in [9.17, 15) is 4.79 Å². The molecule has 0 heterocycles. The van der Waals surface area contributed by atoms with E-state index in [0.29, 0.717) is 5.52 Å². The average Bonchev–Trinajstić information content (AvgIpc) is 1.61. The van der Waals surface area contributed by atoms with Crippen LogP contribution in [0.15, 0.2) is 0 Å². The lowest BCUT2D eigenvalue weighted by Gasteiger charge is -1.83. The van der Waals surface area contributed by atoms with Gasteiger partial charge in [0.1, 0.15) is 12.1 Å². The molecular formula is C3H4BrO2. The Morgan fingerprint density at radius 1 is 1.83 bits per heavy atom. The highest BCUT2D eigenvalue weighted by Crippen LogP contribution is 1.77. The van der Waals surface area contributed by atoms with Gasteiger partial charge in [0.25, 0.3) is 0 Å². The van der Waals surface area contributed by atoms with Crippen LogP contribution in [-0.2, 0) is 9.53 Å². The molecule has 0 aliphatic rings. The Hall–Kier alpha value is 0.110. The lowest BCUT2D eigenvalue weighted by atomic mass is 10.8. The molecule has 0 aromatic rings. The van der Waals surface area contributed by atoms with Crippen LogP contribution in [0.5, 0.6) is 0 Å². The van der Waals surface area contributed by atoms with E-state index in [1.165, 1.54) is 0 Å². The summed E-state index contributed by atoms with van der Waals surface area (Å²) in [6, 6.07) is 0. The molecule has 3 heteroatoms. The van der Waals surface area contributed by atoms with Crippen LogP contribution in [-0.4, -0.2) is 18.4 Å². The molecule has 6 heavy (non-hydrogen) atoms. The zero-order valence-corrected chi connectivity index (χ0v) is 4.69. The maximum atomic E-state index is 9.29. The van der Waals surface area contributed by atoms with Gasteiger partial charge in [0.2, 0.25) is 6.29 Å². The predicted octanol–water partition coefficient (Wildman–Crippen LogP) is 0.465. The molecule has 35 valence electrons. The molecule has 2 nitrogen and oxygen atoms in total. The molecule has 0 aliphatic carbocycles. The molecule has 0 fully saturated rings. The Kier molecular flexibility index (Phi) is 5.20. The molecule has 0 aromatic heterocycles. The zero-order valence-electron chi connectivity index (χ0n) is 3.11. The van der Waals surface area contributed by atoms with Crippen LogP contribution in [0, 0.1) is 0 Å². The maximum absolute atomic E-state index is 9.29. The lowest BCUT2D eigenvalue weighted by molar-refractivity contribution is 0.227. The van der Waals surface area contributed by atoms with Gasteiger partial charge in [0, 0.05) is 0 Å². The monoisotopic (exact) mass is 151 g/mol. The molecule has 0 unspecified atom stereocenters. The van der Waals surface area contributed by atoms with E-state index in [1.54, 1.807) is 6.29 Å². The second-order valence-corrected chi connectivity index (χ2v) is 1.06. The quantitative estimate of drug-likeness (QED) is 0.433. The van der Waals surface area contributed by atoms with Gasteiger partial charge in [-0.3, -0.25) is 4.79 Å². The van der Waals surface area contributed by atoms with Crippen molar-refractivity contribution in [2.75, 3.05) is 12.1 Å². The molecule has 0 bridgehead atoms. The van der Waals surface area contributed by atoms with Gasteiger partial charge < -0.3 is 4.74 Å². The SMILES string of the molecule is O=[C]COCBr. The Morgan fingerprint density at radius 3 is 2.67 bits per heavy atom. The first kappa shape index (κ1) is 6.11. The summed E-state index contributed by atoms with van der Waals surface area (Å²) in [5.41, 5.74) is 0.405. The van der Waals surface area contributed by atoms with Crippen molar-refractivity contribution in [1.29, 1.82) is 0 Å². The molecule has 0 aliphatic heterocycles. The van der Waals surface area contributed by atoms with E-state index in [2.05, 4.69) is 20.7 Å². The van der Waals surface area contributed by atoms with E-state index < -0.39 is 0 Å². The molecule has 0 atom stereocenters. The molecule has 0 aromatic carbocycles. The summed E-state index contributed by atoms with van der Waals surface area (Å²) in [4.78, 5) is 9.29. The minimum atomic E-state index is 0.0608. The number of rotatable bonds is 3. The van der Waals surface area contributed by atoms with Crippen molar-refractivity contribution in [1.82, 2.24) is 0 Å². The van der Waals surface area contributed by atoms with Crippen LogP contribution in [0.25, 0.3) is 0 Å². The van der Waals surface area contributed by atoms with Crippen LogP contribution in [0.1, 0.15) is 0 Å². The largest absolute Gasteiger partial charge is 0.362 e. The van der Waals surface area contributed by atoms with Gasteiger partial charge >= 0.3 is 0 Å². The van der Waals surface area contributed by atoms with Gasteiger partial charge in [-0.05, 0) is 0 Å². The van der Waals surface area contributed by atoms with Gasteiger partial charge in [0.15, 0.2) is 0 Å². The number of hydrogen-bond donors (Lipinski definition) is 0. The second kappa shape index (κ2) is 5.11.